The fraction of sp³-hybridized carbons (Fsp3) is 0.138. The molecular weight excluding hydrogens is 392 g/mol. The van der Waals surface area contributed by atoms with Gasteiger partial charge < -0.3 is 4.90 Å². The zero-order valence-electron chi connectivity index (χ0n) is 18.1. The van der Waals surface area contributed by atoms with Gasteiger partial charge in [-0.2, -0.15) is 0 Å². The average molecular weight is 421 g/mol. The van der Waals surface area contributed by atoms with Gasteiger partial charge in [-0.15, -0.1) is 0 Å². The number of hydrogen-bond donors (Lipinski definition) is 1. The minimum Gasteiger partial charge on any atom is -0.333 e. The first kappa shape index (κ1) is 21.5. The molecule has 0 heterocycles. The lowest BCUT2D eigenvalue weighted by Gasteiger charge is -2.26. The Morgan fingerprint density at radius 1 is 0.594 bits per heavy atom. The van der Waals surface area contributed by atoms with Gasteiger partial charge in [-0.3, -0.25) is 10.1 Å². The van der Waals surface area contributed by atoms with Gasteiger partial charge in [0.05, 0.1) is 12.6 Å². The van der Waals surface area contributed by atoms with Crippen LogP contribution in [0.2, 0.25) is 0 Å². The monoisotopic (exact) mass is 420 g/mol. The Hall–Kier alpha value is -3.69. The van der Waals surface area contributed by atoms with E-state index in [0.29, 0.717) is 13.1 Å². The van der Waals surface area contributed by atoms with Crippen LogP contribution in [0.1, 0.15) is 28.3 Å². The summed E-state index contributed by atoms with van der Waals surface area (Å²) in [7, 11) is 0. The standard InChI is InChI=1S/C29H28N2O/c32-28(21-30-29(26-17-9-3-10-18-26)27-19-11-4-12-20-27)31(22-24-13-5-1-6-14-24)23-25-15-7-2-8-16-25/h1-20,29-30H,21-23H2. The molecule has 0 unspecified atom stereocenters. The van der Waals surface area contributed by atoms with E-state index in [2.05, 4.69) is 53.8 Å². The number of carbonyl (C=O) groups excluding carboxylic acids is 1. The molecule has 4 rings (SSSR count). The van der Waals surface area contributed by atoms with Gasteiger partial charge in [-0.25, -0.2) is 0 Å². The molecule has 0 aliphatic carbocycles. The zero-order chi connectivity index (χ0) is 22.0. The van der Waals surface area contributed by atoms with Gasteiger partial charge in [0.2, 0.25) is 5.91 Å². The van der Waals surface area contributed by atoms with E-state index < -0.39 is 0 Å². The predicted molar refractivity (Wildman–Crippen MR) is 130 cm³/mol. The highest BCUT2D eigenvalue weighted by Gasteiger charge is 2.19. The molecule has 0 saturated carbocycles. The maximum absolute atomic E-state index is 13.4. The third kappa shape index (κ3) is 5.93. The van der Waals surface area contributed by atoms with E-state index in [9.17, 15) is 4.79 Å². The van der Waals surface area contributed by atoms with Gasteiger partial charge in [0.1, 0.15) is 0 Å². The summed E-state index contributed by atoms with van der Waals surface area (Å²) in [6, 6.07) is 40.8. The molecule has 0 aliphatic rings. The maximum atomic E-state index is 13.4. The van der Waals surface area contributed by atoms with Crippen molar-refractivity contribution in [1.82, 2.24) is 10.2 Å². The van der Waals surface area contributed by atoms with Crippen LogP contribution >= 0.6 is 0 Å². The number of amides is 1. The topological polar surface area (TPSA) is 32.3 Å². The molecule has 0 bridgehead atoms. The van der Waals surface area contributed by atoms with Gasteiger partial charge in [0.15, 0.2) is 0 Å². The minimum atomic E-state index is -0.0448. The fourth-order valence-corrected chi connectivity index (χ4v) is 3.86. The maximum Gasteiger partial charge on any atom is 0.237 e. The SMILES string of the molecule is O=C(CNC(c1ccccc1)c1ccccc1)N(Cc1ccccc1)Cc1ccccc1. The normalized spacial score (nSPS) is 10.8. The quantitative estimate of drug-likeness (QED) is 0.383. The van der Waals surface area contributed by atoms with Crippen molar-refractivity contribution in [3.63, 3.8) is 0 Å². The Labute approximate surface area is 190 Å². The van der Waals surface area contributed by atoms with Crippen LogP contribution in [0.25, 0.3) is 0 Å². The molecule has 0 aromatic heterocycles. The van der Waals surface area contributed by atoms with Crippen molar-refractivity contribution < 1.29 is 4.79 Å². The zero-order valence-corrected chi connectivity index (χ0v) is 18.1. The van der Waals surface area contributed by atoms with Gasteiger partial charge in [0.25, 0.3) is 0 Å². The number of rotatable bonds is 9. The number of nitrogens with one attached hydrogen (secondary N) is 1. The first-order chi connectivity index (χ1) is 15.8. The van der Waals surface area contributed by atoms with Gasteiger partial charge in [-0.05, 0) is 22.3 Å². The molecule has 1 N–H and O–H groups in total. The van der Waals surface area contributed by atoms with Crippen LogP contribution in [0.5, 0.6) is 0 Å². The fourth-order valence-electron chi connectivity index (χ4n) is 3.86. The molecule has 3 heteroatoms. The van der Waals surface area contributed by atoms with Crippen LogP contribution < -0.4 is 5.32 Å². The van der Waals surface area contributed by atoms with Crippen LogP contribution in [0.4, 0.5) is 0 Å². The van der Waals surface area contributed by atoms with Crippen molar-refractivity contribution in [1.29, 1.82) is 0 Å². The van der Waals surface area contributed by atoms with E-state index in [4.69, 9.17) is 0 Å². The van der Waals surface area contributed by atoms with E-state index in [1.54, 1.807) is 0 Å². The lowest BCUT2D eigenvalue weighted by Crippen LogP contribution is -2.39. The average Bonchev–Trinajstić information content (AvgIpc) is 2.86. The summed E-state index contributed by atoms with van der Waals surface area (Å²) in [5, 5.41) is 3.51. The van der Waals surface area contributed by atoms with Gasteiger partial charge in [-0.1, -0.05) is 121 Å². The number of benzene rings is 4. The van der Waals surface area contributed by atoms with Crippen molar-refractivity contribution in [2.75, 3.05) is 6.54 Å². The Morgan fingerprint density at radius 3 is 1.38 bits per heavy atom. The van der Waals surface area contributed by atoms with Crippen molar-refractivity contribution in [3.05, 3.63) is 144 Å². The summed E-state index contributed by atoms with van der Waals surface area (Å²) in [5.74, 6) is 0.0783. The number of carbonyl (C=O) groups is 1. The lowest BCUT2D eigenvalue weighted by molar-refractivity contribution is -0.131. The first-order valence-corrected chi connectivity index (χ1v) is 11.0. The second-order valence-corrected chi connectivity index (χ2v) is 7.86. The van der Waals surface area contributed by atoms with Crippen LogP contribution in [0.15, 0.2) is 121 Å². The number of nitrogens with zero attached hydrogens (tertiary/aromatic N) is 1. The van der Waals surface area contributed by atoms with Gasteiger partial charge in [0, 0.05) is 13.1 Å². The molecule has 0 radical (unpaired) electrons. The summed E-state index contributed by atoms with van der Waals surface area (Å²) >= 11 is 0. The van der Waals surface area contributed by atoms with E-state index in [0.717, 1.165) is 22.3 Å². The largest absolute Gasteiger partial charge is 0.333 e. The van der Waals surface area contributed by atoms with Crippen LogP contribution in [-0.4, -0.2) is 17.4 Å². The summed E-state index contributed by atoms with van der Waals surface area (Å²) in [5.41, 5.74) is 4.53. The van der Waals surface area contributed by atoms with E-state index in [1.807, 2.05) is 77.7 Å². The molecule has 4 aromatic carbocycles. The lowest BCUT2D eigenvalue weighted by atomic mass is 9.99. The summed E-state index contributed by atoms with van der Waals surface area (Å²) < 4.78 is 0. The van der Waals surface area contributed by atoms with Gasteiger partial charge >= 0.3 is 0 Å². The third-order valence-electron chi connectivity index (χ3n) is 5.51. The van der Waals surface area contributed by atoms with E-state index in [-0.39, 0.29) is 18.5 Å². The van der Waals surface area contributed by atoms with E-state index >= 15 is 0 Å². The van der Waals surface area contributed by atoms with Crippen molar-refractivity contribution in [2.24, 2.45) is 0 Å². The molecule has 160 valence electrons. The van der Waals surface area contributed by atoms with Crippen LogP contribution in [0.3, 0.4) is 0 Å². The van der Waals surface area contributed by atoms with Crippen molar-refractivity contribution in [3.8, 4) is 0 Å². The third-order valence-corrected chi connectivity index (χ3v) is 5.51. The van der Waals surface area contributed by atoms with E-state index in [1.165, 1.54) is 0 Å². The molecule has 0 fully saturated rings. The molecule has 0 aliphatic heterocycles. The second-order valence-electron chi connectivity index (χ2n) is 7.86. The molecule has 4 aromatic rings. The number of hydrogen-bond acceptors (Lipinski definition) is 2. The molecule has 0 atom stereocenters. The molecular formula is C29H28N2O. The smallest absolute Gasteiger partial charge is 0.237 e. The van der Waals surface area contributed by atoms with Crippen LogP contribution in [0, 0.1) is 0 Å². The van der Waals surface area contributed by atoms with Crippen LogP contribution in [-0.2, 0) is 17.9 Å². The summed E-state index contributed by atoms with van der Waals surface area (Å²) in [6.07, 6.45) is 0. The van der Waals surface area contributed by atoms with Crippen molar-refractivity contribution >= 4 is 5.91 Å². The Balaban J connectivity index is 1.52. The Morgan fingerprint density at radius 2 is 0.969 bits per heavy atom. The van der Waals surface area contributed by atoms with Crippen molar-refractivity contribution in [2.45, 2.75) is 19.1 Å². The highest BCUT2D eigenvalue weighted by Crippen LogP contribution is 2.21. The highest BCUT2D eigenvalue weighted by molar-refractivity contribution is 5.78. The molecule has 0 spiro atoms. The summed E-state index contributed by atoms with van der Waals surface area (Å²) in [6.45, 7) is 1.42. The predicted octanol–water partition coefficient (Wildman–Crippen LogP) is 5.59. The first-order valence-electron chi connectivity index (χ1n) is 11.0. The highest BCUT2D eigenvalue weighted by atomic mass is 16.2. The second kappa shape index (κ2) is 11.1. The minimum absolute atomic E-state index is 0.0448. The Kier molecular flexibility index (Phi) is 7.46. The molecule has 32 heavy (non-hydrogen) atoms. The Bertz CT molecular complexity index is 1000. The summed E-state index contributed by atoms with van der Waals surface area (Å²) in [4.78, 5) is 15.3. The molecule has 3 nitrogen and oxygen atoms in total. The molecule has 0 saturated heterocycles. The molecule has 1 amide bonds.